The Morgan fingerprint density at radius 3 is 2.69 bits per heavy atom. The molecular weight excluding hydrogens is 326 g/mol. The molecule has 0 aliphatic rings. The van der Waals surface area contributed by atoms with E-state index >= 15 is 0 Å². The van der Waals surface area contributed by atoms with Gasteiger partial charge in [-0.3, -0.25) is 4.79 Å². The van der Waals surface area contributed by atoms with Gasteiger partial charge in [-0.05, 0) is 42.3 Å². The Kier molecular flexibility index (Phi) is 7.82. The second-order valence-corrected chi connectivity index (χ2v) is 5.48. The van der Waals surface area contributed by atoms with Gasteiger partial charge in [-0.15, -0.1) is 0 Å². The van der Waals surface area contributed by atoms with Crippen LogP contribution in [-0.4, -0.2) is 26.2 Å². The van der Waals surface area contributed by atoms with Gasteiger partial charge in [0.1, 0.15) is 0 Å². The van der Waals surface area contributed by atoms with Crippen LogP contribution < -0.4 is 14.8 Å². The monoisotopic (exact) mass is 349 g/mol. The zero-order valence-corrected chi connectivity index (χ0v) is 15.1. The molecule has 0 aliphatic carbocycles. The van der Waals surface area contributed by atoms with E-state index in [1.807, 2.05) is 55.5 Å². The van der Waals surface area contributed by atoms with Crippen LogP contribution in [-0.2, 0) is 4.79 Å². The lowest BCUT2D eigenvalue weighted by Crippen LogP contribution is -2.20. The molecule has 0 spiro atoms. The second-order valence-electron chi connectivity index (χ2n) is 5.48. The SMILES string of the molecule is CCCOc1ccc(/C=C/C(=O)NCC#Cc2ccccc2)cc1OC. The van der Waals surface area contributed by atoms with Crippen molar-refractivity contribution in [1.29, 1.82) is 0 Å². The number of ether oxygens (including phenoxy) is 2. The third-order valence-electron chi connectivity index (χ3n) is 3.43. The highest BCUT2D eigenvalue weighted by atomic mass is 16.5. The molecule has 0 fully saturated rings. The minimum Gasteiger partial charge on any atom is -0.493 e. The summed E-state index contributed by atoms with van der Waals surface area (Å²) in [6, 6.07) is 15.2. The van der Waals surface area contributed by atoms with Crippen molar-refractivity contribution < 1.29 is 14.3 Å². The van der Waals surface area contributed by atoms with Gasteiger partial charge in [0.25, 0.3) is 0 Å². The number of hydrogen-bond acceptors (Lipinski definition) is 3. The zero-order valence-electron chi connectivity index (χ0n) is 15.1. The van der Waals surface area contributed by atoms with Gasteiger partial charge < -0.3 is 14.8 Å². The average molecular weight is 349 g/mol. The maximum absolute atomic E-state index is 11.9. The standard InChI is InChI=1S/C22H23NO3/c1-3-16-26-20-13-11-19(17-21(20)25-2)12-14-22(24)23-15-7-10-18-8-5-4-6-9-18/h4-6,8-9,11-14,17H,3,15-16H2,1-2H3,(H,23,24)/b14-12+. The van der Waals surface area contributed by atoms with E-state index in [0.29, 0.717) is 24.7 Å². The molecule has 0 saturated carbocycles. The molecule has 0 atom stereocenters. The summed E-state index contributed by atoms with van der Waals surface area (Å²) in [5, 5.41) is 2.74. The van der Waals surface area contributed by atoms with E-state index in [0.717, 1.165) is 17.5 Å². The van der Waals surface area contributed by atoms with Crippen molar-refractivity contribution in [2.24, 2.45) is 0 Å². The number of nitrogens with one attached hydrogen (secondary N) is 1. The van der Waals surface area contributed by atoms with Gasteiger partial charge in [0.05, 0.1) is 20.3 Å². The fraction of sp³-hybridized carbons (Fsp3) is 0.227. The van der Waals surface area contributed by atoms with Crippen LogP contribution in [0.1, 0.15) is 24.5 Å². The lowest BCUT2D eigenvalue weighted by Gasteiger charge is -2.10. The first-order chi connectivity index (χ1) is 12.7. The van der Waals surface area contributed by atoms with E-state index in [4.69, 9.17) is 9.47 Å². The molecule has 0 bridgehead atoms. The summed E-state index contributed by atoms with van der Waals surface area (Å²) >= 11 is 0. The molecular formula is C22H23NO3. The minimum absolute atomic E-state index is 0.197. The topological polar surface area (TPSA) is 47.6 Å². The normalized spacial score (nSPS) is 10.1. The van der Waals surface area contributed by atoms with Crippen molar-refractivity contribution in [1.82, 2.24) is 5.32 Å². The molecule has 4 nitrogen and oxygen atoms in total. The fourth-order valence-corrected chi connectivity index (χ4v) is 2.15. The molecule has 0 aromatic heterocycles. The van der Waals surface area contributed by atoms with E-state index in [1.165, 1.54) is 6.08 Å². The smallest absolute Gasteiger partial charge is 0.244 e. The first-order valence-electron chi connectivity index (χ1n) is 8.53. The van der Waals surface area contributed by atoms with Crippen LogP contribution in [0.3, 0.4) is 0 Å². The number of benzene rings is 2. The van der Waals surface area contributed by atoms with Gasteiger partial charge in [-0.25, -0.2) is 0 Å². The van der Waals surface area contributed by atoms with Gasteiger partial charge >= 0.3 is 0 Å². The Bertz CT molecular complexity index is 801. The summed E-state index contributed by atoms with van der Waals surface area (Å²) in [6.45, 7) is 2.98. The second kappa shape index (κ2) is 10.6. The predicted molar refractivity (Wildman–Crippen MR) is 104 cm³/mol. The molecule has 1 N–H and O–H groups in total. The summed E-state index contributed by atoms with van der Waals surface area (Å²) in [4.78, 5) is 11.9. The highest BCUT2D eigenvalue weighted by Gasteiger charge is 2.04. The Morgan fingerprint density at radius 2 is 1.96 bits per heavy atom. The fourth-order valence-electron chi connectivity index (χ4n) is 2.15. The van der Waals surface area contributed by atoms with Crippen LogP contribution in [0.25, 0.3) is 6.08 Å². The number of carbonyl (C=O) groups is 1. The van der Waals surface area contributed by atoms with Crippen LogP contribution in [0.4, 0.5) is 0 Å². The van der Waals surface area contributed by atoms with Crippen molar-refractivity contribution in [3.8, 4) is 23.3 Å². The van der Waals surface area contributed by atoms with Gasteiger partial charge in [-0.1, -0.05) is 43.0 Å². The molecule has 1 amide bonds. The number of rotatable bonds is 7. The molecule has 2 aromatic carbocycles. The maximum Gasteiger partial charge on any atom is 0.244 e. The third kappa shape index (κ3) is 6.37. The van der Waals surface area contributed by atoms with Crippen LogP contribution in [0, 0.1) is 11.8 Å². The maximum atomic E-state index is 11.9. The quantitative estimate of drug-likeness (QED) is 0.613. The van der Waals surface area contributed by atoms with Crippen molar-refractivity contribution in [3.63, 3.8) is 0 Å². The molecule has 0 aliphatic heterocycles. The summed E-state index contributed by atoms with van der Waals surface area (Å²) in [5.41, 5.74) is 1.78. The van der Waals surface area contributed by atoms with Gasteiger partial charge in [-0.2, -0.15) is 0 Å². The molecule has 0 heterocycles. The Hall–Kier alpha value is -3.19. The van der Waals surface area contributed by atoms with Crippen molar-refractivity contribution >= 4 is 12.0 Å². The van der Waals surface area contributed by atoms with E-state index in [1.54, 1.807) is 13.2 Å². The largest absolute Gasteiger partial charge is 0.493 e. The Balaban J connectivity index is 1.88. The summed E-state index contributed by atoms with van der Waals surface area (Å²) < 4.78 is 10.9. The first kappa shape index (κ1) is 19.1. The van der Waals surface area contributed by atoms with Crippen molar-refractivity contribution in [3.05, 3.63) is 65.7 Å². The van der Waals surface area contributed by atoms with Crippen LogP contribution >= 0.6 is 0 Å². The van der Waals surface area contributed by atoms with Crippen LogP contribution in [0.5, 0.6) is 11.5 Å². The van der Waals surface area contributed by atoms with Crippen molar-refractivity contribution in [2.75, 3.05) is 20.3 Å². The van der Waals surface area contributed by atoms with E-state index in [2.05, 4.69) is 17.2 Å². The highest BCUT2D eigenvalue weighted by molar-refractivity contribution is 5.91. The lowest BCUT2D eigenvalue weighted by atomic mass is 10.2. The van der Waals surface area contributed by atoms with E-state index in [-0.39, 0.29) is 5.91 Å². The molecule has 2 rings (SSSR count). The van der Waals surface area contributed by atoms with Crippen LogP contribution in [0.15, 0.2) is 54.6 Å². The number of carbonyl (C=O) groups excluding carboxylic acids is 1. The Morgan fingerprint density at radius 1 is 1.15 bits per heavy atom. The predicted octanol–water partition coefficient (Wildman–Crippen LogP) is 3.67. The molecule has 0 unspecified atom stereocenters. The molecule has 0 radical (unpaired) electrons. The minimum atomic E-state index is -0.197. The van der Waals surface area contributed by atoms with Gasteiger partial charge in [0.15, 0.2) is 11.5 Å². The number of hydrogen-bond donors (Lipinski definition) is 1. The van der Waals surface area contributed by atoms with Gasteiger partial charge in [0, 0.05) is 11.6 Å². The molecule has 0 saturated heterocycles. The first-order valence-corrected chi connectivity index (χ1v) is 8.53. The Labute approximate surface area is 154 Å². The van der Waals surface area contributed by atoms with Crippen LogP contribution in [0.2, 0.25) is 0 Å². The third-order valence-corrected chi connectivity index (χ3v) is 3.43. The summed E-state index contributed by atoms with van der Waals surface area (Å²) in [6.07, 6.45) is 4.13. The molecule has 134 valence electrons. The highest BCUT2D eigenvalue weighted by Crippen LogP contribution is 2.28. The number of methoxy groups -OCH3 is 1. The number of amides is 1. The lowest BCUT2D eigenvalue weighted by molar-refractivity contribution is -0.116. The molecule has 4 heteroatoms. The van der Waals surface area contributed by atoms with E-state index in [9.17, 15) is 4.79 Å². The summed E-state index contributed by atoms with van der Waals surface area (Å²) in [5.74, 6) is 7.07. The average Bonchev–Trinajstić information content (AvgIpc) is 2.69. The van der Waals surface area contributed by atoms with Crippen molar-refractivity contribution in [2.45, 2.75) is 13.3 Å². The van der Waals surface area contributed by atoms with Gasteiger partial charge in [0.2, 0.25) is 5.91 Å². The zero-order chi connectivity index (χ0) is 18.6. The molecule has 26 heavy (non-hydrogen) atoms. The van der Waals surface area contributed by atoms with E-state index < -0.39 is 0 Å². The summed E-state index contributed by atoms with van der Waals surface area (Å²) in [7, 11) is 1.60. The molecule has 2 aromatic rings.